The van der Waals surface area contributed by atoms with Crippen LogP contribution in [-0.4, -0.2) is 42.3 Å². The van der Waals surface area contributed by atoms with Crippen LogP contribution in [0.3, 0.4) is 0 Å². The number of carbonyl (C=O) groups excluding carboxylic acids is 2. The van der Waals surface area contributed by atoms with Crippen LogP contribution in [0.1, 0.15) is 24.2 Å². The van der Waals surface area contributed by atoms with Gasteiger partial charge in [0.15, 0.2) is 5.78 Å². The van der Waals surface area contributed by atoms with E-state index < -0.39 is 0 Å². The molecule has 0 aliphatic heterocycles. The standard InChI is InChI=1S/C15H21ClN2O2S/c1-3-17-11(2)8-18-15(20)10-21-9-14(19)12-4-6-13(16)7-5-12/h4-7,11,17H,3,8-10H2,1-2H3,(H,18,20)/t11-/m1/s1. The highest BCUT2D eigenvalue weighted by molar-refractivity contribution is 8.00. The van der Waals surface area contributed by atoms with Gasteiger partial charge in [-0.15, -0.1) is 11.8 Å². The Hall–Kier alpha value is -1.04. The molecule has 0 spiro atoms. The molecule has 0 bridgehead atoms. The van der Waals surface area contributed by atoms with E-state index in [-0.39, 0.29) is 29.2 Å². The third-order valence-corrected chi connectivity index (χ3v) is 3.98. The van der Waals surface area contributed by atoms with Crippen molar-refractivity contribution in [3.63, 3.8) is 0 Å². The summed E-state index contributed by atoms with van der Waals surface area (Å²) in [5.41, 5.74) is 0.619. The number of carbonyl (C=O) groups is 2. The van der Waals surface area contributed by atoms with Crippen LogP contribution in [0.2, 0.25) is 5.02 Å². The molecule has 0 fully saturated rings. The first-order chi connectivity index (χ1) is 10.0. The van der Waals surface area contributed by atoms with Gasteiger partial charge in [-0.25, -0.2) is 0 Å². The number of thioether (sulfide) groups is 1. The molecular formula is C15H21ClN2O2S. The van der Waals surface area contributed by atoms with Crippen molar-refractivity contribution in [3.05, 3.63) is 34.9 Å². The summed E-state index contributed by atoms with van der Waals surface area (Å²) in [5.74, 6) is 0.537. The van der Waals surface area contributed by atoms with Crippen LogP contribution in [0.4, 0.5) is 0 Å². The van der Waals surface area contributed by atoms with Gasteiger partial charge < -0.3 is 10.6 Å². The maximum Gasteiger partial charge on any atom is 0.230 e. The van der Waals surface area contributed by atoms with E-state index >= 15 is 0 Å². The fraction of sp³-hybridized carbons (Fsp3) is 0.467. The number of ketones is 1. The van der Waals surface area contributed by atoms with Crippen LogP contribution in [-0.2, 0) is 4.79 Å². The summed E-state index contributed by atoms with van der Waals surface area (Å²) in [6, 6.07) is 7.02. The predicted octanol–water partition coefficient (Wildman–Crippen LogP) is 2.37. The lowest BCUT2D eigenvalue weighted by molar-refractivity contribution is -0.118. The van der Waals surface area contributed by atoms with E-state index in [9.17, 15) is 9.59 Å². The number of hydrogen-bond donors (Lipinski definition) is 2. The van der Waals surface area contributed by atoms with Gasteiger partial charge in [0.05, 0.1) is 11.5 Å². The molecule has 0 aromatic heterocycles. The van der Waals surface area contributed by atoms with Crippen molar-refractivity contribution in [1.29, 1.82) is 0 Å². The molecule has 21 heavy (non-hydrogen) atoms. The quantitative estimate of drug-likeness (QED) is 0.683. The summed E-state index contributed by atoms with van der Waals surface area (Å²) >= 11 is 7.09. The van der Waals surface area contributed by atoms with Gasteiger partial charge in [0.2, 0.25) is 5.91 Å². The molecule has 2 N–H and O–H groups in total. The van der Waals surface area contributed by atoms with Crippen molar-refractivity contribution >= 4 is 35.1 Å². The minimum absolute atomic E-state index is 0.00508. The monoisotopic (exact) mass is 328 g/mol. The fourth-order valence-corrected chi connectivity index (χ4v) is 2.56. The lowest BCUT2D eigenvalue weighted by Crippen LogP contribution is -2.39. The molecular weight excluding hydrogens is 308 g/mol. The van der Waals surface area contributed by atoms with E-state index in [0.29, 0.717) is 17.1 Å². The van der Waals surface area contributed by atoms with Gasteiger partial charge in [-0.2, -0.15) is 0 Å². The minimum Gasteiger partial charge on any atom is -0.354 e. The maximum absolute atomic E-state index is 11.9. The van der Waals surface area contributed by atoms with E-state index in [2.05, 4.69) is 10.6 Å². The Kier molecular flexibility index (Phi) is 8.42. The molecule has 0 unspecified atom stereocenters. The normalized spacial score (nSPS) is 12.0. The SMILES string of the molecule is CCN[C@H](C)CNC(=O)CSCC(=O)c1ccc(Cl)cc1. The van der Waals surface area contributed by atoms with Gasteiger partial charge in [0.25, 0.3) is 0 Å². The average Bonchev–Trinajstić information content (AvgIpc) is 2.46. The van der Waals surface area contributed by atoms with Crippen molar-refractivity contribution in [2.75, 3.05) is 24.6 Å². The zero-order chi connectivity index (χ0) is 15.7. The molecule has 0 aliphatic rings. The first-order valence-electron chi connectivity index (χ1n) is 6.89. The van der Waals surface area contributed by atoms with E-state index in [0.717, 1.165) is 6.54 Å². The van der Waals surface area contributed by atoms with Crippen molar-refractivity contribution < 1.29 is 9.59 Å². The molecule has 116 valence electrons. The summed E-state index contributed by atoms with van der Waals surface area (Å²) in [7, 11) is 0. The highest BCUT2D eigenvalue weighted by atomic mass is 35.5. The summed E-state index contributed by atoms with van der Waals surface area (Å²) in [6.45, 7) is 5.51. The topological polar surface area (TPSA) is 58.2 Å². The molecule has 6 heteroatoms. The van der Waals surface area contributed by atoms with Gasteiger partial charge in [-0.1, -0.05) is 18.5 Å². The molecule has 0 aliphatic carbocycles. The first-order valence-corrected chi connectivity index (χ1v) is 8.42. The van der Waals surface area contributed by atoms with Gasteiger partial charge >= 0.3 is 0 Å². The van der Waals surface area contributed by atoms with Gasteiger partial charge in [-0.3, -0.25) is 9.59 Å². The van der Waals surface area contributed by atoms with E-state index in [1.54, 1.807) is 24.3 Å². The lowest BCUT2D eigenvalue weighted by atomic mass is 10.1. The summed E-state index contributed by atoms with van der Waals surface area (Å²) in [5, 5.41) is 6.66. The van der Waals surface area contributed by atoms with E-state index in [1.807, 2.05) is 13.8 Å². The fourth-order valence-electron chi connectivity index (χ4n) is 1.69. The molecule has 0 saturated heterocycles. The molecule has 1 amide bonds. The lowest BCUT2D eigenvalue weighted by Gasteiger charge is -2.12. The van der Waals surface area contributed by atoms with E-state index in [4.69, 9.17) is 11.6 Å². The Labute approximate surface area is 135 Å². The maximum atomic E-state index is 11.9. The third kappa shape index (κ3) is 7.50. The number of Topliss-reactive ketones (excluding diaryl/α,β-unsaturated/α-hetero) is 1. The second-order valence-electron chi connectivity index (χ2n) is 4.69. The molecule has 4 nitrogen and oxygen atoms in total. The molecule has 1 atom stereocenters. The van der Waals surface area contributed by atoms with Crippen LogP contribution in [0.5, 0.6) is 0 Å². The minimum atomic E-state index is -0.0475. The first kappa shape index (κ1) is 18.0. The Bertz CT molecular complexity index is 465. The smallest absolute Gasteiger partial charge is 0.230 e. The Morgan fingerprint density at radius 2 is 1.90 bits per heavy atom. The zero-order valence-electron chi connectivity index (χ0n) is 12.3. The zero-order valence-corrected chi connectivity index (χ0v) is 13.9. The summed E-state index contributed by atoms with van der Waals surface area (Å²) in [6.07, 6.45) is 0. The van der Waals surface area contributed by atoms with Crippen LogP contribution < -0.4 is 10.6 Å². The highest BCUT2D eigenvalue weighted by Crippen LogP contribution is 2.12. The molecule has 1 rings (SSSR count). The summed E-state index contributed by atoms with van der Waals surface area (Å²) in [4.78, 5) is 23.5. The third-order valence-electron chi connectivity index (χ3n) is 2.79. The average molecular weight is 329 g/mol. The van der Waals surface area contributed by atoms with Gasteiger partial charge in [0.1, 0.15) is 0 Å². The van der Waals surface area contributed by atoms with E-state index in [1.165, 1.54) is 11.8 Å². The van der Waals surface area contributed by atoms with Crippen LogP contribution in [0.15, 0.2) is 24.3 Å². The molecule has 1 aromatic carbocycles. The van der Waals surface area contributed by atoms with Gasteiger partial charge in [0, 0.05) is 23.2 Å². The number of rotatable bonds is 9. The van der Waals surface area contributed by atoms with Crippen molar-refractivity contribution in [2.24, 2.45) is 0 Å². The largest absolute Gasteiger partial charge is 0.354 e. The number of amides is 1. The number of benzene rings is 1. The van der Waals surface area contributed by atoms with Crippen LogP contribution in [0.25, 0.3) is 0 Å². The van der Waals surface area contributed by atoms with Crippen molar-refractivity contribution in [2.45, 2.75) is 19.9 Å². The number of nitrogens with one attached hydrogen (secondary N) is 2. The van der Waals surface area contributed by atoms with Crippen LogP contribution >= 0.6 is 23.4 Å². The number of hydrogen-bond acceptors (Lipinski definition) is 4. The molecule has 0 radical (unpaired) electrons. The molecule has 0 heterocycles. The second kappa shape index (κ2) is 9.82. The Balaban J connectivity index is 2.22. The molecule has 1 aromatic rings. The van der Waals surface area contributed by atoms with Gasteiger partial charge in [-0.05, 0) is 37.7 Å². The van der Waals surface area contributed by atoms with Crippen molar-refractivity contribution in [3.8, 4) is 0 Å². The number of likely N-dealkylation sites (N-methyl/N-ethyl adjacent to an activating group) is 1. The molecule has 0 saturated carbocycles. The summed E-state index contributed by atoms with van der Waals surface area (Å²) < 4.78 is 0. The number of halogens is 1. The highest BCUT2D eigenvalue weighted by Gasteiger charge is 2.08. The second-order valence-corrected chi connectivity index (χ2v) is 6.11. The Morgan fingerprint density at radius 1 is 1.24 bits per heavy atom. The van der Waals surface area contributed by atoms with Crippen LogP contribution in [0, 0.1) is 0 Å². The van der Waals surface area contributed by atoms with Crippen molar-refractivity contribution in [1.82, 2.24) is 10.6 Å². The Morgan fingerprint density at radius 3 is 2.52 bits per heavy atom. The predicted molar refractivity (Wildman–Crippen MR) is 89.3 cm³/mol.